The van der Waals surface area contributed by atoms with Crippen LogP contribution in [0.5, 0.6) is 5.75 Å². The van der Waals surface area contributed by atoms with Crippen LogP contribution in [0.2, 0.25) is 0 Å². The number of rotatable bonds is 10. The fraction of sp³-hybridized carbons (Fsp3) is 0.296. The summed E-state index contributed by atoms with van der Waals surface area (Å²) in [5, 5.41) is 2.72. The lowest BCUT2D eigenvalue weighted by Crippen LogP contribution is -2.28. The van der Waals surface area contributed by atoms with Crippen molar-refractivity contribution in [1.82, 2.24) is 9.62 Å². The molecular formula is C27H31N3O6S2. The van der Waals surface area contributed by atoms with Crippen molar-refractivity contribution in [2.45, 2.75) is 36.5 Å². The maximum Gasteiger partial charge on any atom is 0.262 e. The third-order valence-electron chi connectivity index (χ3n) is 6.31. The molecule has 0 spiro atoms. The number of anilines is 1. The number of hydrogen-bond acceptors (Lipinski definition) is 6. The first-order valence-corrected chi connectivity index (χ1v) is 15.2. The van der Waals surface area contributed by atoms with E-state index in [0.717, 1.165) is 18.4 Å². The predicted molar refractivity (Wildman–Crippen MR) is 145 cm³/mol. The molecule has 0 aliphatic carbocycles. The van der Waals surface area contributed by atoms with Gasteiger partial charge < -0.3 is 10.1 Å². The second kappa shape index (κ2) is 11.5. The molecule has 1 aliphatic heterocycles. The second-order valence-electron chi connectivity index (χ2n) is 9.09. The Morgan fingerprint density at radius 2 is 1.58 bits per heavy atom. The molecule has 2 N–H and O–H groups in total. The van der Waals surface area contributed by atoms with Gasteiger partial charge in [0.25, 0.3) is 15.9 Å². The van der Waals surface area contributed by atoms with E-state index in [1.165, 1.54) is 22.5 Å². The Kier molecular flexibility index (Phi) is 8.39. The number of nitrogens with one attached hydrogen (secondary N) is 2. The molecule has 1 fully saturated rings. The minimum absolute atomic E-state index is 0.0219. The largest absolute Gasteiger partial charge is 0.492 e. The zero-order valence-corrected chi connectivity index (χ0v) is 22.9. The third-order valence-corrected chi connectivity index (χ3v) is 9.73. The van der Waals surface area contributed by atoms with E-state index in [2.05, 4.69) is 10.0 Å². The van der Waals surface area contributed by atoms with E-state index >= 15 is 0 Å². The van der Waals surface area contributed by atoms with Crippen molar-refractivity contribution in [3.63, 3.8) is 0 Å². The number of carbonyl (C=O) groups excluding carboxylic acids is 1. The van der Waals surface area contributed by atoms with Gasteiger partial charge in [-0.1, -0.05) is 24.3 Å². The van der Waals surface area contributed by atoms with E-state index < -0.39 is 26.0 Å². The first-order chi connectivity index (χ1) is 18.1. The molecule has 0 saturated carbocycles. The molecule has 4 rings (SSSR count). The van der Waals surface area contributed by atoms with Crippen LogP contribution in [-0.2, 0) is 20.0 Å². The van der Waals surface area contributed by atoms with Crippen molar-refractivity contribution in [3.8, 4) is 5.75 Å². The van der Waals surface area contributed by atoms with Crippen molar-refractivity contribution in [2.75, 3.05) is 31.0 Å². The summed E-state index contributed by atoms with van der Waals surface area (Å²) in [6, 6.07) is 17.8. The Hall–Kier alpha value is -3.41. The van der Waals surface area contributed by atoms with E-state index in [1.807, 2.05) is 19.1 Å². The number of carbonyl (C=O) groups is 1. The van der Waals surface area contributed by atoms with Gasteiger partial charge in [-0.25, -0.2) is 16.8 Å². The molecule has 0 aromatic heterocycles. The quantitative estimate of drug-likeness (QED) is 0.367. The summed E-state index contributed by atoms with van der Waals surface area (Å²) in [5.41, 5.74) is 1.98. The van der Waals surface area contributed by atoms with Crippen LogP contribution in [0.1, 0.15) is 34.3 Å². The Morgan fingerprint density at radius 1 is 0.895 bits per heavy atom. The van der Waals surface area contributed by atoms with Gasteiger partial charge in [-0.3, -0.25) is 9.52 Å². The zero-order valence-electron chi connectivity index (χ0n) is 21.3. The molecule has 11 heteroatoms. The van der Waals surface area contributed by atoms with Crippen LogP contribution in [0.25, 0.3) is 0 Å². The van der Waals surface area contributed by atoms with E-state index in [4.69, 9.17) is 4.74 Å². The van der Waals surface area contributed by atoms with Gasteiger partial charge in [-0.15, -0.1) is 0 Å². The van der Waals surface area contributed by atoms with Gasteiger partial charge in [0.2, 0.25) is 10.0 Å². The van der Waals surface area contributed by atoms with Gasteiger partial charge in [0.05, 0.1) is 22.0 Å². The molecule has 38 heavy (non-hydrogen) atoms. The lowest BCUT2D eigenvalue weighted by molar-refractivity contribution is 0.0946. The molecule has 1 heterocycles. The number of benzene rings is 3. The predicted octanol–water partition coefficient (Wildman–Crippen LogP) is 3.70. The summed E-state index contributed by atoms with van der Waals surface area (Å²) in [6.45, 7) is 4.88. The molecule has 3 aromatic carbocycles. The van der Waals surface area contributed by atoms with Gasteiger partial charge in [0.1, 0.15) is 12.4 Å². The second-order valence-corrected chi connectivity index (χ2v) is 12.7. The summed E-state index contributed by atoms with van der Waals surface area (Å²) in [7, 11) is -7.39. The minimum Gasteiger partial charge on any atom is -0.492 e. The molecule has 0 atom stereocenters. The fourth-order valence-electron chi connectivity index (χ4n) is 4.14. The Bertz CT molecular complexity index is 1510. The molecule has 1 aliphatic rings. The average molecular weight is 558 g/mol. The lowest BCUT2D eigenvalue weighted by Gasteiger charge is -2.15. The van der Waals surface area contributed by atoms with Gasteiger partial charge in [-0.05, 0) is 80.3 Å². The van der Waals surface area contributed by atoms with Crippen LogP contribution < -0.4 is 14.8 Å². The molecule has 202 valence electrons. The third kappa shape index (κ3) is 6.35. The fourth-order valence-corrected chi connectivity index (χ4v) is 7.06. The SMILES string of the molecule is Cc1ccccc1NS(=O)(=O)c1cc(C(=O)NCCOc2ccc(S(=O)(=O)N3CCCC3)cc2)ccc1C. The van der Waals surface area contributed by atoms with Gasteiger partial charge in [0.15, 0.2) is 0 Å². The number of aryl methyl sites for hydroxylation is 2. The summed E-state index contributed by atoms with van der Waals surface area (Å²) in [5.74, 6) is 0.0404. The van der Waals surface area contributed by atoms with Crippen molar-refractivity contribution in [3.05, 3.63) is 83.4 Å². The monoisotopic (exact) mass is 557 g/mol. The smallest absolute Gasteiger partial charge is 0.262 e. The number of amides is 1. The van der Waals surface area contributed by atoms with Crippen LogP contribution in [-0.4, -0.2) is 53.3 Å². The van der Waals surface area contributed by atoms with E-state index in [-0.39, 0.29) is 28.5 Å². The molecular weight excluding hydrogens is 526 g/mol. The molecule has 1 amide bonds. The number of hydrogen-bond donors (Lipinski definition) is 2. The summed E-state index contributed by atoms with van der Waals surface area (Å²) in [4.78, 5) is 12.9. The maximum atomic E-state index is 13.0. The van der Waals surface area contributed by atoms with Crippen molar-refractivity contribution in [1.29, 1.82) is 0 Å². The highest BCUT2D eigenvalue weighted by molar-refractivity contribution is 7.92. The van der Waals surface area contributed by atoms with Crippen LogP contribution in [0.4, 0.5) is 5.69 Å². The molecule has 0 radical (unpaired) electrons. The van der Waals surface area contributed by atoms with Crippen molar-refractivity contribution in [2.24, 2.45) is 0 Å². The Labute approximate surface area is 223 Å². The Balaban J connectivity index is 1.33. The van der Waals surface area contributed by atoms with Crippen LogP contribution >= 0.6 is 0 Å². The Morgan fingerprint density at radius 3 is 2.26 bits per heavy atom. The number of nitrogens with zero attached hydrogens (tertiary/aromatic N) is 1. The van der Waals surface area contributed by atoms with Gasteiger partial charge in [0, 0.05) is 18.7 Å². The lowest BCUT2D eigenvalue weighted by atomic mass is 10.1. The van der Waals surface area contributed by atoms with Crippen LogP contribution in [0.15, 0.2) is 76.5 Å². The highest BCUT2D eigenvalue weighted by Gasteiger charge is 2.27. The van der Waals surface area contributed by atoms with Gasteiger partial charge in [-0.2, -0.15) is 4.31 Å². The summed E-state index contributed by atoms with van der Waals surface area (Å²) >= 11 is 0. The van der Waals surface area contributed by atoms with E-state index in [0.29, 0.717) is 30.1 Å². The highest BCUT2D eigenvalue weighted by Crippen LogP contribution is 2.24. The first kappa shape index (κ1) is 27.6. The maximum absolute atomic E-state index is 13.0. The van der Waals surface area contributed by atoms with E-state index in [9.17, 15) is 21.6 Å². The zero-order chi connectivity index (χ0) is 27.3. The van der Waals surface area contributed by atoms with Crippen LogP contribution in [0.3, 0.4) is 0 Å². The summed E-state index contributed by atoms with van der Waals surface area (Å²) in [6.07, 6.45) is 1.74. The normalized spacial score (nSPS) is 14.3. The number of ether oxygens (including phenoxy) is 1. The number of sulfonamides is 2. The molecule has 3 aromatic rings. The average Bonchev–Trinajstić information content (AvgIpc) is 3.44. The highest BCUT2D eigenvalue weighted by atomic mass is 32.2. The van der Waals surface area contributed by atoms with Gasteiger partial charge >= 0.3 is 0 Å². The topological polar surface area (TPSA) is 122 Å². The molecule has 1 saturated heterocycles. The minimum atomic E-state index is -3.90. The van der Waals surface area contributed by atoms with Crippen molar-refractivity contribution < 1.29 is 26.4 Å². The number of para-hydroxylation sites is 1. The van der Waals surface area contributed by atoms with E-state index in [1.54, 1.807) is 43.3 Å². The van der Waals surface area contributed by atoms with Crippen LogP contribution in [0, 0.1) is 13.8 Å². The molecule has 9 nitrogen and oxygen atoms in total. The summed E-state index contributed by atoms with van der Waals surface area (Å²) < 4.78 is 61.0. The van der Waals surface area contributed by atoms with Crippen molar-refractivity contribution >= 4 is 31.6 Å². The molecule has 0 unspecified atom stereocenters. The molecule has 0 bridgehead atoms. The standard InChI is InChI=1S/C27H31N3O6S2/c1-20-7-3-4-8-25(20)29-37(32,33)26-19-22(10-9-21(26)2)27(31)28-15-18-36-23-11-13-24(14-12-23)38(34,35)30-16-5-6-17-30/h3-4,7-14,19,29H,5-6,15-18H2,1-2H3,(H,28,31). The first-order valence-electron chi connectivity index (χ1n) is 12.3.